The molecular formula is C21H22ClN3O2. The van der Waals surface area contributed by atoms with Crippen LogP contribution in [0.5, 0.6) is 0 Å². The van der Waals surface area contributed by atoms with Gasteiger partial charge in [0, 0.05) is 23.6 Å². The van der Waals surface area contributed by atoms with Gasteiger partial charge < -0.3 is 5.32 Å². The Balaban J connectivity index is 2.11. The van der Waals surface area contributed by atoms with Crippen molar-refractivity contribution in [2.24, 2.45) is 0 Å². The molecule has 2 aromatic carbocycles. The minimum atomic E-state index is -0.115. The van der Waals surface area contributed by atoms with Gasteiger partial charge in [-0.25, -0.2) is 4.98 Å². The number of hydrogen-bond donors (Lipinski definition) is 1. The van der Waals surface area contributed by atoms with Crippen molar-refractivity contribution >= 4 is 34.1 Å². The summed E-state index contributed by atoms with van der Waals surface area (Å²) in [5.41, 5.74) is 2.07. The summed E-state index contributed by atoms with van der Waals surface area (Å²) < 4.78 is 1.70. The molecule has 27 heavy (non-hydrogen) atoms. The third-order valence-corrected chi connectivity index (χ3v) is 4.58. The van der Waals surface area contributed by atoms with Crippen molar-refractivity contribution in [1.29, 1.82) is 0 Å². The van der Waals surface area contributed by atoms with Crippen LogP contribution in [0.15, 0.2) is 47.3 Å². The molecule has 3 aromatic rings. The summed E-state index contributed by atoms with van der Waals surface area (Å²) >= 11 is 6.09. The number of benzene rings is 2. The van der Waals surface area contributed by atoms with Gasteiger partial charge in [0.05, 0.1) is 17.4 Å². The van der Waals surface area contributed by atoms with E-state index in [-0.39, 0.29) is 11.5 Å². The first kappa shape index (κ1) is 19.1. The lowest BCUT2D eigenvalue weighted by atomic mass is 10.1. The van der Waals surface area contributed by atoms with E-state index in [4.69, 9.17) is 16.6 Å². The van der Waals surface area contributed by atoms with Crippen LogP contribution in [-0.4, -0.2) is 15.5 Å². The van der Waals surface area contributed by atoms with Crippen molar-refractivity contribution in [3.63, 3.8) is 0 Å². The molecule has 0 saturated heterocycles. The number of aryl methyl sites for hydroxylation is 1. The number of fused-ring (bicyclic) bond motifs is 1. The Bertz CT molecular complexity index is 1040. The molecule has 3 rings (SSSR count). The molecule has 1 heterocycles. The van der Waals surface area contributed by atoms with Gasteiger partial charge in [-0.05, 0) is 42.3 Å². The number of rotatable bonds is 6. The van der Waals surface area contributed by atoms with E-state index in [1.165, 1.54) is 0 Å². The van der Waals surface area contributed by atoms with E-state index in [2.05, 4.69) is 12.2 Å². The summed E-state index contributed by atoms with van der Waals surface area (Å²) in [5.74, 6) is 0.657. The van der Waals surface area contributed by atoms with Gasteiger partial charge in [0.15, 0.2) is 0 Å². The maximum Gasteiger partial charge on any atom is 0.261 e. The van der Waals surface area contributed by atoms with Gasteiger partial charge in [0.25, 0.3) is 5.56 Å². The summed E-state index contributed by atoms with van der Waals surface area (Å²) in [6, 6.07) is 12.7. The highest BCUT2D eigenvalue weighted by molar-refractivity contribution is 6.30. The third-order valence-electron chi connectivity index (χ3n) is 4.34. The van der Waals surface area contributed by atoms with Crippen LogP contribution >= 0.6 is 11.6 Å². The van der Waals surface area contributed by atoms with E-state index < -0.39 is 0 Å². The summed E-state index contributed by atoms with van der Waals surface area (Å²) in [4.78, 5) is 29.6. The molecule has 1 amide bonds. The summed E-state index contributed by atoms with van der Waals surface area (Å²) in [5, 5.41) is 3.92. The van der Waals surface area contributed by atoms with Gasteiger partial charge in [0.2, 0.25) is 5.91 Å². The Labute approximate surface area is 163 Å². The van der Waals surface area contributed by atoms with Crippen LogP contribution in [0.1, 0.15) is 38.1 Å². The van der Waals surface area contributed by atoms with Crippen LogP contribution in [0.25, 0.3) is 10.9 Å². The summed E-state index contributed by atoms with van der Waals surface area (Å²) in [6.45, 7) is 4.25. The van der Waals surface area contributed by atoms with Gasteiger partial charge in [-0.3, -0.25) is 14.2 Å². The largest absolute Gasteiger partial charge is 0.326 e. The monoisotopic (exact) mass is 383 g/mol. The molecule has 0 aliphatic rings. The minimum absolute atomic E-state index is 0.0934. The zero-order chi connectivity index (χ0) is 19.4. The fourth-order valence-electron chi connectivity index (χ4n) is 2.99. The van der Waals surface area contributed by atoms with Gasteiger partial charge in [-0.2, -0.15) is 0 Å². The van der Waals surface area contributed by atoms with E-state index >= 15 is 0 Å². The van der Waals surface area contributed by atoms with E-state index in [9.17, 15) is 9.59 Å². The smallest absolute Gasteiger partial charge is 0.261 e. The molecule has 0 unspecified atom stereocenters. The lowest BCUT2D eigenvalue weighted by molar-refractivity contribution is -0.115. The third kappa shape index (κ3) is 4.37. The van der Waals surface area contributed by atoms with Crippen LogP contribution in [0.4, 0.5) is 5.69 Å². The number of carbonyl (C=O) groups is 1. The zero-order valence-corrected chi connectivity index (χ0v) is 16.2. The van der Waals surface area contributed by atoms with Crippen LogP contribution in [-0.2, 0) is 17.8 Å². The predicted molar refractivity (Wildman–Crippen MR) is 109 cm³/mol. The molecule has 1 N–H and O–H groups in total. The van der Waals surface area contributed by atoms with Crippen molar-refractivity contribution in [3.8, 4) is 0 Å². The average Bonchev–Trinajstić information content (AvgIpc) is 2.65. The molecule has 0 saturated carbocycles. The Morgan fingerprint density at radius 2 is 2.00 bits per heavy atom. The topological polar surface area (TPSA) is 64.0 Å². The van der Waals surface area contributed by atoms with Crippen molar-refractivity contribution < 1.29 is 4.79 Å². The Morgan fingerprint density at radius 3 is 2.70 bits per heavy atom. The van der Waals surface area contributed by atoms with Crippen LogP contribution in [0.2, 0.25) is 5.02 Å². The van der Waals surface area contributed by atoms with Crippen molar-refractivity contribution in [1.82, 2.24) is 9.55 Å². The highest BCUT2D eigenvalue weighted by Crippen LogP contribution is 2.18. The fourth-order valence-corrected chi connectivity index (χ4v) is 3.20. The second-order valence-electron chi connectivity index (χ2n) is 6.43. The normalized spacial score (nSPS) is 10.9. The van der Waals surface area contributed by atoms with Gasteiger partial charge >= 0.3 is 0 Å². The van der Waals surface area contributed by atoms with E-state index in [0.717, 1.165) is 17.8 Å². The van der Waals surface area contributed by atoms with E-state index in [1.807, 2.05) is 24.3 Å². The molecule has 0 fully saturated rings. The first-order chi connectivity index (χ1) is 13.0. The van der Waals surface area contributed by atoms with Crippen LogP contribution < -0.4 is 10.9 Å². The molecule has 0 atom stereocenters. The van der Waals surface area contributed by atoms with Crippen molar-refractivity contribution in [2.75, 3.05) is 5.32 Å². The molecule has 0 spiro atoms. The number of nitrogens with one attached hydrogen (secondary N) is 1. The standard InChI is InChI=1S/C21H22ClN3O2/c1-3-6-19-24-18-10-9-16(23-20(26)4-2)12-17(18)21(27)25(19)13-14-7-5-8-15(22)11-14/h5,7-12H,3-4,6,13H2,1-2H3,(H,23,26). The zero-order valence-electron chi connectivity index (χ0n) is 15.5. The number of anilines is 1. The molecule has 0 aliphatic heterocycles. The van der Waals surface area contributed by atoms with Crippen LogP contribution in [0, 0.1) is 0 Å². The summed E-state index contributed by atoms with van der Waals surface area (Å²) in [6.07, 6.45) is 1.98. The Kier molecular flexibility index (Phi) is 5.91. The number of hydrogen-bond acceptors (Lipinski definition) is 3. The Hall–Kier alpha value is -2.66. The minimum Gasteiger partial charge on any atom is -0.326 e. The number of halogens is 1. The fraction of sp³-hybridized carbons (Fsp3) is 0.286. The number of amides is 1. The quantitative estimate of drug-likeness (QED) is 0.686. The molecule has 1 aromatic heterocycles. The maximum absolute atomic E-state index is 13.2. The second kappa shape index (κ2) is 8.35. The van der Waals surface area contributed by atoms with Crippen molar-refractivity contribution in [2.45, 2.75) is 39.7 Å². The predicted octanol–water partition coefficient (Wildman–Crippen LogP) is 4.40. The van der Waals surface area contributed by atoms with Crippen LogP contribution in [0.3, 0.4) is 0 Å². The van der Waals surface area contributed by atoms with E-state index in [1.54, 1.807) is 29.7 Å². The maximum atomic E-state index is 13.2. The highest BCUT2D eigenvalue weighted by atomic mass is 35.5. The lowest BCUT2D eigenvalue weighted by Gasteiger charge is -2.14. The molecule has 6 heteroatoms. The molecule has 0 bridgehead atoms. The van der Waals surface area contributed by atoms with Gasteiger partial charge in [0.1, 0.15) is 5.82 Å². The number of nitrogens with zero attached hydrogens (tertiary/aromatic N) is 2. The van der Waals surface area contributed by atoms with Crippen molar-refractivity contribution in [3.05, 3.63) is 69.2 Å². The molecule has 0 aliphatic carbocycles. The van der Waals surface area contributed by atoms with E-state index in [0.29, 0.717) is 41.0 Å². The second-order valence-corrected chi connectivity index (χ2v) is 6.87. The Morgan fingerprint density at radius 1 is 1.19 bits per heavy atom. The molecule has 5 nitrogen and oxygen atoms in total. The number of aromatic nitrogens is 2. The molecular weight excluding hydrogens is 362 g/mol. The summed E-state index contributed by atoms with van der Waals surface area (Å²) in [7, 11) is 0. The lowest BCUT2D eigenvalue weighted by Crippen LogP contribution is -2.26. The number of carbonyl (C=O) groups excluding carboxylic acids is 1. The average molecular weight is 384 g/mol. The van der Waals surface area contributed by atoms with Gasteiger partial charge in [-0.1, -0.05) is 37.6 Å². The van der Waals surface area contributed by atoms with Gasteiger partial charge in [-0.15, -0.1) is 0 Å². The SMILES string of the molecule is CCCc1nc2ccc(NC(=O)CC)cc2c(=O)n1Cc1cccc(Cl)c1. The molecule has 140 valence electrons. The molecule has 0 radical (unpaired) electrons. The highest BCUT2D eigenvalue weighted by Gasteiger charge is 2.12. The first-order valence-corrected chi connectivity index (χ1v) is 9.47. The first-order valence-electron chi connectivity index (χ1n) is 9.09.